The largest absolute Gasteiger partial charge is 0.382 e. The van der Waals surface area contributed by atoms with Crippen molar-refractivity contribution in [1.29, 1.82) is 0 Å². The fourth-order valence-electron chi connectivity index (χ4n) is 2.50. The maximum Gasteiger partial charge on any atom is 0.0737 e. The standard InChI is InChI=1S/C17H18ClN3S/c1-21(2)16(17-4-3-9-22-17)11-20-14-7-8-19-15-10-12(18)5-6-13(14)15/h3-10,16H,11H2,1-2H3,(H,19,20). The molecule has 3 rings (SSSR count). The predicted molar refractivity (Wildman–Crippen MR) is 96.0 cm³/mol. The van der Waals surface area contributed by atoms with E-state index in [0.717, 1.165) is 23.1 Å². The van der Waals surface area contributed by atoms with E-state index >= 15 is 0 Å². The number of pyridine rings is 1. The van der Waals surface area contributed by atoms with Crippen molar-refractivity contribution in [2.75, 3.05) is 26.0 Å². The highest BCUT2D eigenvalue weighted by atomic mass is 35.5. The van der Waals surface area contributed by atoms with Crippen molar-refractivity contribution in [2.45, 2.75) is 6.04 Å². The third kappa shape index (κ3) is 3.24. The molecule has 2 heterocycles. The lowest BCUT2D eigenvalue weighted by Gasteiger charge is -2.24. The molecule has 0 bridgehead atoms. The van der Waals surface area contributed by atoms with Gasteiger partial charge in [0, 0.05) is 33.7 Å². The zero-order valence-electron chi connectivity index (χ0n) is 12.6. The number of nitrogens with zero attached hydrogens (tertiary/aromatic N) is 2. The van der Waals surface area contributed by atoms with Crippen LogP contribution in [-0.2, 0) is 0 Å². The van der Waals surface area contributed by atoms with Gasteiger partial charge in [-0.1, -0.05) is 17.7 Å². The van der Waals surface area contributed by atoms with Crippen LogP contribution in [-0.4, -0.2) is 30.5 Å². The number of rotatable bonds is 5. The van der Waals surface area contributed by atoms with Gasteiger partial charge in [-0.3, -0.25) is 4.98 Å². The van der Waals surface area contributed by atoms with E-state index in [1.165, 1.54) is 4.88 Å². The van der Waals surface area contributed by atoms with Crippen LogP contribution in [0.15, 0.2) is 48.0 Å². The highest BCUT2D eigenvalue weighted by molar-refractivity contribution is 7.10. The van der Waals surface area contributed by atoms with Crippen molar-refractivity contribution < 1.29 is 0 Å². The van der Waals surface area contributed by atoms with E-state index in [4.69, 9.17) is 11.6 Å². The fraction of sp³-hybridized carbons (Fsp3) is 0.235. The molecular formula is C17H18ClN3S. The minimum absolute atomic E-state index is 0.343. The van der Waals surface area contributed by atoms with Crippen LogP contribution < -0.4 is 5.32 Å². The van der Waals surface area contributed by atoms with Gasteiger partial charge in [-0.05, 0) is 49.8 Å². The second-order valence-corrected chi connectivity index (χ2v) is 6.81. The Bertz CT molecular complexity index is 756. The van der Waals surface area contributed by atoms with Crippen molar-refractivity contribution in [3.63, 3.8) is 0 Å². The summed E-state index contributed by atoms with van der Waals surface area (Å²) in [7, 11) is 4.22. The number of halogens is 1. The van der Waals surface area contributed by atoms with Gasteiger partial charge in [0.2, 0.25) is 0 Å². The number of fused-ring (bicyclic) bond motifs is 1. The van der Waals surface area contributed by atoms with Crippen LogP contribution in [0.2, 0.25) is 5.02 Å². The molecule has 1 aromatic carbocycles. The first-order chi connectivity index (χ1) is 10.6. The first-order valence-corrected chi connectivity index (χ1v) is 8.39. The van der Waals surface area contributed by atoms with Gasteiger partial charge in [-0.2, -0.15) is 0 Å². The summed E-state index contributed by atoms with van der Waals surface area (Å²) in [6.45, 7) is 0.843. The number of thiophene rings is 1. The molecule has 5 heteroatoms. The molecule has 1 N–H and O–H groups in total. The lowest BCUT2D eigenvalue weighted by Crippen LogP contribution is -2.26. The van der Waals surface area contributed by atoms with Crippen LogP contribution in [0.5, 0.6) is 0 Å². The number of aromatic nitrogens is 1. The van der Waals surface area contributed by atoms with E-state index < -0.39 is 0 Å². The molecule has 1 atom stereocenters. The molecule has 3 aromatic rings. The molecule has 1 unspecified atom stereocenters. The van der Waals surface area contributed by atoms with E-state index in [9.17, 15) is 0 Å². The van der Waals surface area contributed by atoms with Crippen molar-refractivity contribution in [3.05, 3.63) is 57.9 Å². The number of benzene rings is 1. The van der Waals surface area contributed by atoms with Gasteiger partial charge in [0.05, 0.1) is 11.6 Å². The number of hydrogen-bond acceptors (Lipinski definition) is 4. The monoisotopic (exact) mass is 331 g/mol. The first-order valence-electron chi connectivity index (χ1n) is 7.13. The summed E-state index contributed by atoms with van der Waals surface area (Å²) in [4.78, 5) is 7.98. The van der Waals surface area contributed by atoms with Crippen LogP contribution in [0.25, 0.3) is 10.9 Å². The Labute approximate surface area is 139 Å². The molecule has 114 valence electrons. The number of likely N-dealkylation sites (N-methyl/N-ethyl adjacent to an activating group) is 1. The van der Waals surface area contributed by atoms with Gasteiger partial charge in [0.25, 0.3) is 0 Å². The van der Waals surface area contributed by atoms with E-state index in [1.807, 2.05) is 30.5 Å². The molecule has 0 radical (unpaired) electrons. The molecule has 0 fully saturated rings. The van der Waals surface area contributed by atoms with Crippen LogP contribution >= 0.6 is 22.9 Å². The predicted octanol–water partition coefficient (Wildman–Crippen LogP) is 4.66. The van der Waals surface area contributed by atoms with Crippen molar-refractivity contribution >= 4 is 39.5 Å². The Hall–Kier alpha value is -1.62. The van der Waals surface area contributed by atoms with Gasteiger partial charge < -0.3 is 10.2 Å². The molecule has 0 saturated carbocycles. The smallest absolute Gasteiger partial charge is 0.0737 e. The average molecular weight is 332 g/mol. The van der Waals surface area contributed by atoms with E-state index in [1.54, 1.807) is 11.3 Å². The third-order valence-electron chi connectivity index (χ3n) is 3.69. The van der Waals surface area contributed by atoms with Gasteiger partial charge in [0.1, 0.15) is 0 Å². The molecule has 0 aliphatic heterocycles. The molecular weight excluding hydrogens is 314 g/mol. The van der Waals surface area contributed by atoms with Crippen LogP contribution in [0, 0.1) is 0 Å². The van der Waals surface area contributed by atoms with Gasteiger partial charge in [-0.15, -0.1) is 11.3 Å². The third-order valence-corrected chi connectivity index (χ3v) is 4.89. The molecule has 0 aliphatic rings. The maximum absolute atomic E-state index is 6.04. The minimum atomic E-state index is 0.343. The lowest BCUT2D eigenvalue weighted by molar-refractivity contribution is 0.316. The van der Waals surface area contributed by atoms with Gasteiger partial charge in [-0.25, -0.2) is 0 Å². The molecule has 22 heavy (non-hydrogen) atoms. The van der Waals surface area contributed by atoms with Crippen molar-refractivity contribution in [2.24, 2.45) is 0 Å². The van der Waals surface area contributed by atoms with Crippen LogP contribution in [0.3, 0.4) is 0 Å². The average Bonchev–Trinajstić information content (AvgIpc) is 3.01. The maximum atomic E-state index is 6.04. The Balaban J connectivity index is 1.84. The molecule has 0 amide bonds. The van der Waals surface area contributed by atoms with E-state index in [2.05, 4.69) is 46.8 Å². The zero-order chi connectivity index (χ0) is 15.5. The summed E-state index contributed by atoms with van der Waals surface area (Å²) in [5.74, 6) is 0. The van der Waals surface area contributed by atoms with Crippen LogP contribution in [0.4, 0.5) is 5.69 Å². The normalized spacial score (nSPS) is 12.7. The number of hydrogen-bond donors (Lipinski definition) is 1. The Morgan fingerprint density at radius 2 is 2.14 bits per heavy atom. The highest BCUT2D eigenvalue weighted by Gasteiger charge is 2.15. The van der Waals surface area contributed by atoms with Gasteiger partial charge >= 0.3 is 0 Å². The molecule has 0 spiro atoms. The van der Waals surface area contributed by atoms with E-state index in [-0.39, 0.29) is 0 Å². The Morgan fingerprint density at radius 3 is 2.86 bits per heavy atom. The topological polar surface area (TPSA) is 28.2 Å². The summed E-state index contributed by atoms with van der Waals surface area (Å²) < 4.78 is 0. The molecule has 0 aliphatic carbocycles. The Morgan fingerprint density at radius 1 is 1.27 bits per heavy atom. The first kappa shape index (κ1) is 15.3. The van der Waals surface area contributed by atoms with E-state index in [0.29, 0.717) is 11.1 Å². The summed E-state index contributed by atoms with van der Waals surface area (Å²) in [6, 6.07) is 12.4. The number of anilines is 1. The molecule has 0 saturated heterocycles. The fourth-order valence-corrected chi connectivity index (χ4v) is 3.59. The van der Waals surface area contributed by atoms with Crippen molar-refractivity contribution in [3.8, 4) is 0 Å². The second-order valence-electron chi connectivity index (χ2n) is 5.40. The SMILES string of the molecule is CN(C)C(CNc1ccnc2cc(Cl)ccc12)c1cccs1. The van der Waals surface area contributed by atoms with Crippen molar-refractivity contribution in [1.82, 2.24) is 9.88 Å². The summed E-state index contributed by atoms with van der Waals surface area (Å²) in [5, 5.41) is 7.48. The second kappa shape index (κ2) is 6.65. The molecule has 3 nitrogen and oxygen atoms in total. The summed E-state index contributed by atoms with van der Waals surface area (Å²) in [6.07, 6.45) is 1.82. The quantitative estimate of drug-likeness (QED) is 0.736. The Kier molecular flexibility index (Phi) is 4.62. The number of nitrogens with one attached hydrogen (secondary N) is 1. The van der Waals surface area contributed by atoms with Gasteiger partial charge in [0.15, 0.2) is 0 Å². The minimum Gasteiger partial charge on any atom is -0.382 e. The molecule has 2 aromatic heterocycles. The lowest BCUT2D eigenvalue weighted by atomic mass is 10.1. The summed E-state index contributed by atoms with van der Waals surface area (Å²) in [5.41, 5.74) is 2.00. The summed E-state index contributed by atoms with van der Waals surface area (Å²) >= 11 is 7.83. The zero-order valence-corrected chi connectivity index (χ0v) is 14.2. The highest BCUT2D eigenvalue weighted by Crippen LogP contribution is 2.27. The van der Waals surface area contributed by atoms with Crippen LogP contribution in [0.1, 0.15) is 10.9 Å².